The summed E-state index contributed by atoms with van der Waals surface area (Å²) in [5, 5.41) is 3.37. The van der Waals surface area contributed by atoms with Gasteiger partial charge in [0.25, 0.3) is 0 Å². The van der Waals surface area contributed by atoms with E-state index in [0.29, 0.717) is 0 Å². The summed E-state index contributed by atoms with van der Waals surface area (Å²) >= 11 is 0. The maximum Gasteiger partial charge on any atom is 0.0373 e. The Hall–Kier alpha value is -2.45. The van der Waals surface area contributed by atoms with Crippen molar-refractivity contribution < 1.29 is 0 Å². The van der Waals surface area contributed by atoms with Crippen molar-refractivity contribution in [3.63, 3.8) is 0 Å². The number of likely N-dealkylation sites (N-methyl/N-ethyl adjacent to an activating group) is 1. The average molecular weight is 288 g/mol. The van der Waals surface area contributed by atoms with Crippen LogP contribution in [0.1, 0.15) is 17.2 Å². The maximum absolute atomic E-state index is 4.21. The second kappa shape index (κ2) is 7.01. The summed E-state index contributed by atoms with van der Waals surface area (Å²) in [5.41, 5.74) is 5.05. The van der Waals surface area contributed by atoms with Gasteiger partial charge in [-0.15, -0.1) is 0 Å². The van der Waals surface area contributed by atoms with Crippen molar-refractivity contribution in [3.8, 4) is 11.1 Å². The summed E-state index contributed by atoms with van der Waals surface area (Å²) in [6, 6.07) is 23.7. The number of aromatic nitrogens is 1. The predicted octanol–water partition coefficient (Wildman–Crippen LogP) is 4.25. The fraction of sp³-hybridized carbons (Fsp3) is 0.150. The zero-order chi connectivity index (χ0) is 15.2. The van der Waals surface area contributed by atoms with Crippen LogP contribution in [0, 0.1) is 0 Å². The van der Waals surface area contributed by atoms with Crippen molar-refractivity contribution in [2.24, 2.45) is 0 Å². The molecule has 0 aliphatic carbocycles. The van der Waals surface area contributed by atoms with E-state index in [0.717, 1.165) is 6.42 Å². The molecule has 0 amide bonds. The lowest BCUT2D eigenvalue weighted by atomic mass is 9.98. The fourth-order valence-corrected chi connectivity index (χ4v) is 2.67. The Balaban J connectivity index is 1.76. The minimum absolute atomic E-state index is 0.288. The molecule has 1 heterocycles. The first-order valence-electron chi connectivity index (χ1n) is 7.58. The topological polar surface area (TPSA) is 24.9 Å². The Morgan fingerprint density at radius 3 is 2.23 bits per heavy atom. The summed E-state index contributed by atoms with van der Waals surface area (Å²) < 4.78 is 0. The van der Waals surface area contributed by atoms with Gasteiger partial charge >= 0.3 is 0 Å². The molecule has 2 nitrogen and oxygen atoms in total. The van der Waals surface area contributed by atoms with Gasteiger partial charge in [0.15, 0.2) is 0 Å². The zero-order valence-electron chi connectivity index (χ0n) is 12.7. The van der Waals surface area contributed by atoms with Crippen molar-refractivity contribution in [3.05, 3.63) is 90.3 Å². The highest BCUT2D eigenvalue weighted by atomic mass is 14.9. The maximum atomic E-state index is 4.21. The summed E-state index contributed by atoms with van der Waals surface area (Å²) in [4.78, 5) is 4.21. The Morgan fingerprint density at radius 2 is 1.59 bits per heavy atom. The van der Waals surface area contributed by atoms with Crippen LogP contribution in [-0.4, -0.2) is 12.0 Å². The van der Waals surface area contributed by atoms with Gasteiger partial charge in [-0.3, -0.25) is 4.98 Å². The van der Waals surface area contributed by atoms with E-state index in [1.807, 2.05) is 31.6 Å². The largest absolute Gasteiger partial charge is 0.313 e. The molecule has 1 N–H and O–H groups in total. The number of nitrogens with one attached hydrogen (secondary N) is 1. The molecule has 2 aromatic carbocycles. The van der Waals surface area contributed by atoms with E-state index in [-0.39, 0.29) is 6.04 Å². The first-order chi connectivity index (χ1) is 10.9. The van der Waals surface area contributed by atoms with E-state index >= 15 is 0 Å². The third-order valence-corrected chi connectivity index (χ3v) is 3.94. The van der Waals surface area contributed by atoms with Crippen LogP contribution in [-0.2, 0) is 6.42 Å². The van der Waals surface area contributed by atoms with Crippen LogP contribution in [0.3, 0.4) is 0 Å². The number of hydrogen-bond acceptors (Lipinski definition) is 2. The van der Waals surface area contributed by atoms with Gasteiger partial charge in [0.05, 0.1) is 0 Å². The molecule has 3 aromatic rings. The van der Waals surface area contributed by atoms with Crippen molar-refractivity contribution in [1.29, 1.82) is 0 Å². The molecule has 110 valence electrons. The number of nitrogens with zero attached hydrogens (tertiary/aromatic N) is 1. The Bertz CT molecular complexity index is 691. The highest BCUT2D eigenvalue weighted by Crippen LogP contribution is 2.22. The molecule has 0 saturated carbocycles. The molecule has 0 aliphatic heterocycles. The highest BCUT2D eigenvalue weighted by molar-refractivity contribution is 5.63. The molecule has 0 spiro atoms. The quantitative estimate of drug-likeness (QED) is 0.759. The van der Waals surface area contributed by atoms with E-state index < -0.39 is 0 Å². The van der Waals surface area contributed by atoms with E-state index in [4.69, 9.17) is 0 Å². The van der Waals surface area contributed by atoms with Crippen molar-refractivity contribution >= 4 is 0 Å². The van der Waals surface area contributed by atoms with Gasteiger partial charge in [-0.1, -0.05) is 60.7 Å². The molecule has 22 heavy (non-hydrogen) atoms. The third-order valence-electron chi connectivity index (χ3n) is 3.94. The van der Waals surface area contributed by atoms with E-state index in [9.17, 15) is 0 Å². The van der Waals surface area contributed by atoms with Crippen molar-refractivity contribution in [1.82, 2.24) is 10.3 Å². The first-order valence-corrected chi connectivity index (χ1v) is 7.58. The molecule has 0 fully saturated rings. The number of hydrogen-bond donors (Lipinski definition) is 1. The van der Waals surface area contributed by atoms with Crippen LogP contribution in [0.15, 0.2) is 79.1 Å². The zero-order valence-corrected chi connectivity index (χ0v) is 12.7. The smallest absolute Gasteiger partial charge is 0.0373 e. The van der Waals surface area contributed by atoms with E-state index in [1.54, 1.807) is 0 Å². The predicted molar refractivity (Wildman–Crippen MR) is 91.6 cm³/mol. The third kappa shape index (κ3) is 3.41. The summed E-state index contributed by atoms with van der Waals surface area (Å²) in [7, 11) is 2.00. The number of pyridine rings is 1. The Labute approximate surface area is 131 Å². The van der Waals surface area contributed by atoms with Crippen LogP contribution in [0.5, 0.6) is 0 Å². The van der Waals surface area contributed by atoms with Gasteiger partial charge in [0.2, 0.25) is 0 Å². The molecular formula is C20H20N2. The van der Waals surface area contributed by atoms with Gasteiger partial charge in [-0.05, 0) is 41.8 Å². The van der Waals surface area contributed by atoms with Gasteiger partial charge in [0.1, 0.15) is 0 Å². The molecule has 3 rings (SSSR count). The molecule has 2 heteroatoms. The van der Waals surface area contributed by atoms with Crippen LogP contribution in [0.25, 0.3) is 11.1 Å². The molecule has 0 aliphatic rings. The lowest BCUT2D eigenvalue weighted by Gasteiger charge is -2.16. The molecule has 1 aromatic heterocycles. The monoisotopic (exact) mass is 288 g/mol. The second-order valence-corrected chi connectivity index (χ2v) is 5.39. The minimum Gasteiger partial charge on any atom is -0.313 e. The van der Waals surface area contributed by atoms with Crippen molar-refractivity contribution in [2.45, 2.75) is 12.5 Å². The first kappa shape index (κ1) is 14.5. The molecule has 1 unspecified atom stereocenters. The van der Waals surface area contributed by atoms with Crippen LogP contribution in [0.4, 0.5) is 0 Å². The Morgan fingerprint density at radius 1 is 0.864 bits per heavy atom. The van der Waals surface area contributed by atoms with Gasteiger partial charge in [0, 0.05) is 18.4 Å². The van der Waals surface area contributed by atoms with Crippen LogP contribution >= 0.6 is 0 Å². The summed E-state index contributed by atoms with van der Waals surface area (Å²) in [5.74, 6) is 0. The number of benzene rings is 2. The molecule has 0 saturated heterocycles. The fourth-order valence-electron chi connectivity index (χ4n) is 2.67. The average Bonchev–Trinajstić information content (AvgIpc) is 2.62. The molecular weight excluding hydrogens is 268 g/mol. The van der Waals surface area contributed by atoms with E-state index in [1.165, 1.54) is 22.3 Å². The Kier molecular flexibility index (Phi) is 4.62. The molecule has 1 atom stereocenters. The summed E-state index contributed by atoms with van der Waals surface area (Å²) in [6.45, 7) is 0. The van der Waals surface area contributed by atoms with Crippen LogP contribution < -0.4 is 5.32 Å². The van der Waals surface area contributed by atoms with Gasteiger partial charge in [-0.2, -0.15) is 0 Å². The molecule has 0 radical (unpaired) electrons. The van der Waals surface area contributed by atoms with Gasteiger partial charge < -0.3 is 5.32 Å². The minimum atomic E-state index is 0.288. The van der Waals surface area contributed by atoms with Crippen molar-refractivity contribution in [2.75, 3.05) is 7.05 Å². The molecule has 0 bridgehead atoms. The van der Waals surface area contributed by atoms with Gasteiger partial charge in [-0.25, -0.2) is 0 Å². The van der Waals surface area contributed by atoms with E-state index in [2.05, 4.69) is 64.9 Å². The highest BCUT2D eigenvalue weighted by Gasteiger charge is 2.10. The number of rotatable bonds is 5. The lowest BCUT2D eigenvalue weighted by molar-refractivity contribution is 0.590. The second-order valence-electron chi connectivity index (χ2n) is 5.39. The SMILES string of the molecule is CNC(Cc1ccc(-c2ccccc2)cc1)c1cccnc1. The lowest BCUT2D eigenvalue weighted by Crippen LogP contribution is -2.18. The summed E-state index contributed by atoms with van der Waals surface area (Å²) in [6.07, 6.45) is 4.70. The normalized spacial score (nSPS) is 12.0. The standard InChI is InChI=1S/C20H20N2/c1-21-20(19-8-5-13-22-15-19)14-16-9-11-18(12-10-16)17-6-3-2-4-7-17/h2-13,15,20-21H,14H2,1H3. The van der Waals surface area contributed by atoms with Crippen LogP contribution in [0.2, 0.25) is 0 Å².